The second-order valence-electron chi connectivity index (χ2n) is 5.94. The number of carbonyl (C=O) groups is 2. The van der Waals surface area contributed by atoms with Gasteiger partial charge in [0.1, 0.15) is 5.75 Å². The van der Waals surface area contributed by atoms with Crippen molar-refractivity contribution in [1.29, 1.82) is 0 Å². The van der Waals surface area contributed by atoms with Gasteiger partial charge >= 0.3 is 0 Å². The first kappa shape index (κ1) is 16.3. The van der Waals surface area contributed by atoms with Gasteiger partial charge in [0, 0.05) is 26.1 Å². The molecule has 0 atom stereocenters. The standard InChI is InChI=1S/C17H24N2O3/c1-12(2)15-5-4-14(10-13(15)3)22-11-17(21)19-8-6-16(20)18-7-9-19/h4-5,10,12H,6-9,11H2,1-3H3,(H,18,20). The van der Waals surface area contributed by atoms with E-state index in [4.69, 9.17) is 4.74 Å². The van der Waals surface area contributed by atoms with Crippen LogP contribution in [0.15, 0.2) is 18.2 Å². The molecule has 22 heavy (non-hydrogen) atoms. The molecular weight excluding hydrogens is 280 g/mol. The predicted molar refractivity (Wildman–Crippen MR) is 85.0 cm³/mol. The van der Waals surface area contributed by atoms with Crippen LogP contribution in [-0.2, 0) is 9.59 Å². The van der Waals surface area contributed by atoms with Crippen molar-refractivity contribution < 1.29 is 14.3 Å². The molecule has 0 bridgehead atoms. The van der Waals surface area contributed by atoms with Crippen LogP contribution in [0.25, 0.3) is 0 Å². The maximum absolute atomic E-state index is 12.2. The van der Waals surface area contributed by atoms with Crippen LogP contribution in [0.4, 0.5) is 0 Å². The van der Waals surface area contributed by atoms with Crippen molar-refractivity contribution >= 4 is 11.8 Å². The van der Waals surface area contributed by atoms with E-state index in [-0.39, 0.29) is 18.4 Å². The zero-order valence-corrected chi connectivity index (χ0v) is 13.5. The molecule has 0 radical (unpaired) electrons. The van der Waals surface area contributed by atoms with E-state index in [0.29, 0.717) is 37.7 Å². The highest BCUT2D eigenvalue weighted by Gasteiger charge is 2.18. The molecule has 5 heteroatoms. The average Bonchev–Trinajstić information content (AvgIpc) is 2.69. The number of aryl methyl sites for hydroxylation is 1. The van der Waals surface area contributed by atoms with Gasteiger partial charge in [0.05, 0.1) is 0 Å². The van der Waals surface area contributed by atoms with Crippen LogP contribution in [0.5, 0.6) is 5.75 Å². The molecule has 1 N–H and O–H groups in total. The van der Waals surface area contributed by atoms with Gasteiger partial charge in [0.2, 0.25) is 5.91 Å². The van der Waals surface area contributed by atoms with E-state index < -0.39 is 0 Å². The summed E-state index contributed by atoms with van der Waals surface area (Å²) in [6.07, 6.45) is 0.355. The molecule has 1 fully saturated rings. The number of nitrogens with one attached hydrogen (secondary N) is 1. The molecule has 2 rings (SSSR count). The second kappa shape index (κ2) is 7.29. The summed E-state index contributed by atoms with van der Waals surface area (Å²) in [6.45, 7) is 7.87. The highest BCUT2D eigenvalue weighted by molar-refractivity contribution is 5.81. The SMILES string of the molecule is Cc1cc(OCC(=O)N2CCNC(=O)CC2)ccc1C(C)C. The summed E-state index contributed by atoms with van der Waals surface area (Å²) < 4.78 is 5.61. The Labute approximate surface area is 131 Å². The predicted octanol–water partition coefficient (Wildman–Crippen LogP) is 1.85. The number of carbonyl (C=O) groups excluding carboxylic acids is 2. The Kier molecular flexibility index (Phi) is 5.41. The summed E-state index contributed by atoms with van der Waals surface area (Å²) in [4.78, 5) is 25.1. The Bertz CT molecular complexity index is 555. The lowest BCUT2D eigenvalue weighted by Crippen LogP contribution is -2.37. The monoisotopic (exact) mass is 304 g/mol. The zero-order chi connectivity index (χ0) is 16.1. The molecule has 1 aliphatic heterocycles. The van der Waals surface area contributed by atoms with Crippen molar-refractivity contribution in [2.24, 2.45) is 0 Å². The van der Waals surface area contributed by atoms with Crippen molar-refractivity contribution in [3.8, 4) is 5.75 Å². The summed E-state index contributed by atoms with van der Waals surface area (Å²) in [5, 5.41) is 2.75. The van der Waals surface area contributed by atoms with Crippen LogP contribution >= 0.6 is 0 Å². The van der Waals surface area contributed by atoms with Crippen molar-refractivity contribution in [1.82, 2.24) is 10.2 Å². The van der Waals surface area contributed by atoms with Crippen molar-refractivity contribution in [3.63, 3.8) is 0 Å². The Balaban J connectivity index is 1.90. The quantitative estimate of drug-likeness (QED) is 0.923. The van der Waals surface area contributed by atoms with Gasteiger partial charge in [-0.15, -0.1) is 0 Å². The molecule has 5 nitrogen and oxygen atoms in total. The highest BCUT2D eigenvalue weighted by atomic mass is 16.5. The number of amides is 2. The second-order valence-corrected chi connectivity index (χ2v) is 5.94. The topological polar surface area (TPSA) is 58.6 Å². The molecule has 1 heterocycles. The van der Waals surface area contributed by atoms with Crippen LogP contribution in [-0.4, -0.2) is 43.0 Å². The molecule has 1 aromatic rings. The summed E-state index contributed by atoms with van der Waals surface area (Å²) in [6, 6.07) is 5.92. The molecule has 1 saturated heterocycles. The lowest BCUT2D eigenvalue weighted by atomic mass is 9.98. The van der Waals surface area contributed by atoms with Crippen molar-refractivity contribution in [3.05, 3.63) is 29.3 Å². The maximum atomic E-state index is 12.2. The van der Waals surface area contributed by atoms with Crippen LogP contribution in [0.1, 0.15) is 37.3 Å². The number of rotatable bonds is 4. The summed E-state index contributed by atoms with van der Waals surface area (Å²) in [5.41, 5.74) is 2.46. The minimum absolute atomic E-state index is 0.00360. The summed E-state index contributed by atoms with van der Waals surface area (Å²) in [7, 11) is 0. The molecule has 0 aromatic heterocycles. The van der Waals surface area contributed by atoms with Crippen molar-refractivity contribution in [2.75, 3.05) is 26.2 Å². The third-order valence-corrected chi connectivity index (χ3v) is 3.89. The smallest absolute Gasteiger partial charge is 0.260 e. The fraction of sp³-hybridized carbons (Fsp3) is 0.529. The Morgan fingerprint density at radius 3 is 2.82 bits per heavy atom. The van der Waals surface area contributed by atoms with E-state index in [1.807, 2.05) is 18.2 Å². The molecule has 2 amide bonds. The molecule has 1 aromatic carbocycles. The molecular formula is C17H24N2O3. The van der Waals surface area contributed by atoms with Gasteiger partial charge in [-0.3, -0.25) is 9.59 Å². The summed E-state index contributed by atoms with van der Waals surface area (Å²) in [5.74, 6) is 1.09. The number of hydrogen-bond donors (Lipinski definition) is 1. The van der Waals surface area contributed by atoms with Gasteiger partial charge in [0.15, 0.2) is 6.61 Å². The van der Waals surface area contributed by atoms with Crippen LogP contribution < -0.4 is 10.1 Å². The lowest BCUT2D eigenvalue weighted by molar-refractivity contribution is -0.133. The molecule has 0 aliphatic carbocycles. The van der Waals surface area contributed by atoms with Crippen LogP contribution in [0, 0.1) is 6.92 Å². The molecule has 120 valence electrons. The first-order valence-electron chi connectivity index (χ1n) is 7.75. The number of benzene rings is 1. The minimum atomic E-state index is -0.0814. The molecule has 1 aliphatic rings. The normalized spacial score (nSPS) is 15.5. The van der Waals surface area contributed by atoms with Gasteiger partial charge in [-0.05, 0) is 36.1 Å². The Hall–Kier alpha value is -2.04. The van der Waals surface area contributed by atoms with Crippen LogP contribution in [0.2, 0.25) is 0 Å². The third-order valence-electron chi connectivity index (χ3n) is 3.89. The average molecular weight is 304 g/mol. The van der Waals surface area contributed by atoms with Gasteiger partial charge in [-0.2, -0.15) is 0 Å². The molecule has 0 unspecified atom stereocenters. The van der Waals surface area contributed by atoms with Gasteiger partial charge < -0.3 is 15.0 Å². The van der Waals surface area contributed by atoms with E-state index in [2.05, 4.69) is 26.1 Å². The summed E-state index contributed by atoms with van der Waals surface area (Å²) >= 11 is 0. The fourth-order valence-corrected chi connectivity index (χ4v) is 2.64. The largest absolute Gasteiger partial charge is 0.484 e. The zero-order valence-electron chi connectivity index (χ0n) is 13.5. The maximum Gasteiger partial charge on any atom is 0.260 e. The van der Waals surface area contributed by atoms with Gasteiger partial charge in [0.25, 0.3) is 5.91 Å². The fourth-order valence-electron chi connectivity index (χ4n) is 2.64. The van der Waals surface area contributed by atoms with Crippen molar-refractivity contribution in [2.45, 2.75) is 33.1 Å². The van der Waals surface area contributed by atoms with E-state index in [0.717, 1.165) is 0 Å². The Morgan fingerprint density at radius 2 is 2.14 bits per heavy atom. The lowest BCUT2D eigenvalue weighted by Gasteiger charge is -2.20. The minimum Gasteiger partial charge on any atom is -0.484 e. The first-order chi connectivity index (χ1) is 10.5. The van der Waals surface area contributed by atoms with Gasteiger partial charge in [-0.25, -0.2) is 0 Å². The van der Waals surface area contributed by atoms with E-state index >= 15 is 0 Å². The van der Waals surface area contributed by atoms with Gasteiger partial charge in [-0.1, -0.05) is 19.9 Å². The van der Waals surface area contributed by atoms with E-state index in [1.165, 1.54) is 11.1 Å². The first-order valence-corrected chi connectivity index (χ1v) is 7.75. The number of hydrogen-bond acceptors (Lipinski definition) is 3. The van der Waals surface area contributed by atoms with E-state index in [9.17, 15) is 9.59 Å². The molecule has 0 saturated carbocycles. The Morgan fingerprint density at radius 1 is 1.36 bits per heavy atom. The van der Waals surface area contributed by atoms with Crippen LogP contribution in [0.3, 0.4) is 0 Å². The number of ether oxygens (including phenoxy) is 1. The molecule has 0 spiro atoms. The highest BCUT2D eigenvalue weighted by Crippen LogP contribution is 2.23. The van der Waals surface area contributed by atoms with E-state index in [1.54, 1.807) is 4.90 Å². The third kappa shape index (κ3) is 4.23. The number of nitrogens with zero attached hydrogens (tertiary/aromatic N) is 1.